The van der Waals surface area contributed by atoms with E-state index in [9.17, 15) is 14.4 Å². The van der Waals surface area contributed by atoms with Gasteiger partial charge >= 0.3 is 5.69 Å². The Morgan fingerprint density at radius 3 is 2.53 bits per heavy atom. The SMILES string of the molecule is CCCCn1c(N)c(N(CCOC)CC(=O)Nc2ccc(OC)cc2)c(=O)[nH]c1=O. The number of nitrogens with one attached hydrogen (secondary N) is 2. The van der Waals surface area contributed by atoms with Gasteiger partial charge in [0.1, 0.15) is 17.3 Å². The van der Waals surface area contributed by atoms with Crippen LogP contribution in [0.3, 0.4) is 0 Å². The molecule has 4 N–H and O–H groups in total. The molecule has 0 radical (unpaired) electrons. The molecule has 2 aromatic rings. The molecule has 1 heterocycles. The molecule has 1 aromatic heterocycles. The van der Waals surface area contributed by atoms with E-state index in [0.717, 1.165) is 12.8 Å². The van der Waals surface area contributed by atoms with E-state index in [1.54, 1.807) is 31.4 Å². The molecule has 0 aliphatic carbocycles. The molecule has 1 aromatic carbocycles. The Labute approximate surface area is 174 Å². The second kappa shape index (κ2) is 11.1. The summed E-state index contributed by atoms with van der Waals surface area (Å²) >= 11 is 0. The summed E-state index contributed by atoms with van der Waals surface area (Å²) in [6, 6.07) is 6.87. The summed E-state index contributed by atoms with van der Waals surface area (Å²) < 4.78 is 11.5. The van der Waals surface area contributed by atoms with Crippen molar-refractivity contribution in [3.8, 4) is 5.75 Å². The van der Waals surface area contributed by atoms with Crippen molar-refractivity contribution < 1.29 is 14.3 Å². The molecule has 0 unspecified atom stereocenters. The van der Waals surface area contributed by atoms with Crippen LogP contribution in [0, 0.1) is 0 Å². The highest BCUT2D eigenvalue weighted by atomic mass is 16.5. The molecule has 0 saturated carbocycles. The van der Waals surface area contributed by atoms with Crippen LogP contribution in [0.1, 0.15) is 19.8 Å². The summed E-state index contributed by atoms with van der Waals surface area (Å²) in [4.78, 5) is 41.1. The van der Waals surface area contributed by atoms with Gasteiger partial charge in [-0.15, -0.1) is 0 Å². The molecule has 0 saturated heterocycles. The van der Waals surface area contributed by atoms with Gasteiger partial charge in [0.15, 0.2) is 0 Å². The number of nitrogen functional groups attached to an aromatic ring is 1. The quantitative estimate of drug-likeness (QED) is 0.495. The molecule has 2 rings (SSSR count). The second-order valence-corrected chi connectivity index (χ2v) is 6.69. The van der Waals surface area contributed by atoms with Crippen molar-refractivity contribution in [2.45, 2.75) is 26.3 Å². The summed E-state index contributed by atoms with van der Waals surface area (Å²) in [6.45, 7) is 2.73. The normalized spacial score (nSPS) is 10.6. The summed E-state index contributed by atoms with van der Waals surface area (Å²) in [5, 5.41) is 2.77. The van der Waals surface area contributed by atoms with Gasteiger partial charge in [0.2, 0.25) is 5.91 Å². The molecule has 164 valence electrons. The average molecular weight is 419 g/mol. The molecule has 1 amide bonds. The number of benzene rings is 1. The highest BCUT2D eigenvalue weighted by Crippen LogP contribution is 2.18. The molecule has 0 atom stereocenters. The van der Waals surface area contributed by atoms with Crippen LogP contribution in [0.4, 0.5) is 17.2 Å². The Morgan fingerprint density at radius 1 is 1.23 bits per heavy atom. The van der Waals surface area contributed by atoms with Crippen LogP contribution in [0.2, 0.25) is 0 Å². The lowest BCUT2D eigenvalue weighted by Gasteiger charge is -2.25. The minimum absolute atomic E-state index is 0.0329. The van der Waals surface area contributed by atoms with Crippen LogP contribution in [0.25, 0.3) is 0 Å². The smallest absolute Gasteiger partial charge is 0.330 e. The van der Waals surface area contributed by atoms with Gasteiger partial charge < -0.3 is 25.4 Å². The van der Waals surface area contributed by atoms with Gasteiger partial charge in [0.05, 0.1) is 20.3 Å². The zero-order chi connectivity index (χ0) is 22.1. The van der Waals surface area contributed by atoms with Crippen LogP contribution >= 0.6 is 0 Å². The fourth-order valence-electron chi connectivity index (χ4n) is 2.94. The van der Waals surface area contributed by atoms with Crippen LogP contribution < -0.4 is 31.9 Å². The number of rotatable bonds is 11. The number of amides is 1. The number of carbonyl (C=O) groups is 1. The van der Waals surface area contributed by atoms with Gasteiger partial charge in [-0.05, 0) is 30.7 Å². The molecule has 0 bridgehead atoms. The highest BCUT2D eigenvalue weighted by Gasteiger charge is 2.21. The summed E-state index contributed by atoms with van der Waals surface area (Å²) in [5.41, 5.74) is 5.63. The predicted octanol–water partition coefficient (Wildman–Crippen LogP) is 1.02. The zero-order valence-electron chi connectivity index (χ0n) is 17.6. The van der Waals surface area contributed by atoms with E-state index in [1.807, 2.05) is 6.92 Å². The molecule has 0 aliphatic rings. The third-order valence-electron chi connectivity index (χ3n) is 4.54. The highest BCUT2D eigenvalue weighted by molar-refractivity contribution is 5.94. The number of aromatic nitrogens is 2. The first-order valence-electron chi connectivity index (χ1n) is 9.71. The fourth-order valence-corrected chi connectivity index (χ4v) is 2.94. The lowest BCUT2D eigenvalue weighted by Crippen LogP contribution is -2.42. The maximum Gasteiger partial charge on any atom is 0.330 e. The van der Waals surface area contributed by atoms with E-state index < -0.39 is 11.2 Å². The van der Waals surface area contributed by atoms with Crippen LogP contribution in [0.5, 0.6) is 5.75 Å². The Bertz CT molecular complexity index is 952. The minimum Gasteiger partial charge on any atom is -0.497 e. The van der Waals surface area contributed by atoms with E-state index in [-0.39, 0.29) is 37.1 Å². The number of methoxy groups -OCH3 is 2. The van der Waals surface area contributed by atoms with E-state index >= 15 is 0 Å². The van der Waals surface area contributed by atoms with Gasteiger partial charge in [-0.1, -0.05) is 13.3 Å². The van der Waals surface area contributed by atoms with Crippen LogP contribution in [-0.4, -0.2) is 49.4 Å². The molecule has 10 heteroatoms. The largest absolute Gasteiger partial charge is 0.497 e. The van der Waals surface area contributed by atoms with Gasteiger partial charge in [-0.25, -0.2) is 4.79 Å². The summed E-state index contributed by atoms with van der Waals surface area (Å²) in [6.07, 6.45) is 1.59. The maximum atomic E-state index is 12.6. The number of unbranched alkanes of at least 4 members (excludes halogenated alkanes) is 1. The number of hydrogen-bond donors (Lipinski definition) is 3. The first-order valence-corrected chi connectivity index (χ1v) is 9.71. The Balaban J connectivity index is 2.29. The number of ether oxygens (including phenoxy) is 2. The van der Waals surface area contributed by atoms with Crippen LogP contribution in [0.15, 0.2) is 33.9 Å². The van der Waals surface area contributed by atoms with Gasteiger partial charge in [0.25, 0.3) is 5.56 Å². The van der Waals surface area contributed by atoms with Crippen molar-refractivity contribution in [2.24, 2.45) is 0 Å². The van der Waals surface area contributed by atoms with E-state index in [4.69, 9.17) is 15.2 Å². The van der Waals surface area contributed by atoms with Gasteiger partial charge in [0, 0.05) is 25.9 Å². The number of nitrogens with two attached hydrogens (primary N) is 1. The molecule has 10 nitrogen and oxygen atoms in total. The molecule has 0 fully saturated rings. The third kappa shape index (κ3) is 5.86. The first kappa shape index (κ1) is 23.0. The number of anilines is 3. The predicted molar refractivity (Wildman–Crippen MR) is 116 cm³/mol. The lowest BCUT2D eigenvalue weighted by atomic mass is 10.3. The van der Waals surface area contributed by atoms with Crippen molar-refractivity contribution in [1.82, 2.24) is 9.55 Å². The summed E-state index contributed by atoms with van der Waals surface area (Å²) in [7, 11) is 3.08. The van der Waals surface area contributed by atoms with Crippen molar-refractivity contribution in [3.05, 3.63) is 45.1 Å². The molecule has 0 aliphatic heterocycles. The zero-order valence-corrected chi connectivity index (χ0v) is 17.6. The minimum atomic E-state index is -0.640. The van der Waals surface area contributed by atoms with Gasteiger partial charge in [-0.2, -0.15) is 0 Å². The lowest BCUT2D eigenvalue weighted by molar-refractivity contribution is -0.115. The number of aromatic amines is 1. The topological polar surface area (TPSA) is 132 Å². The molecular formula is C20H29N5O5. The Kier molecular flexibility index (Phi) is 8.48. The van der Waals surface area contributed by atoms with E-state index in [0.29, 0.717) is 18.0 Å². The molecule has 30 heavy (non-hydrogen) atoms. The standard InChI is InChI=1S/C20H29N5O5/c1-4-5-10-25-18(21)17(19(27)23-20(25)28)24(11-12-29-2)13-16(26)22-14-6-8-15(30-3)9-7-14/h6-9H,4-5,10-13,21H2,1-3H3,(H,22,26)(H,23,27,28). The van der Waals surface area contributed by atoms with Crippen LogP contribution in [-0.2, 0) is 16.1 Å². The van der Waals surface area contributed by atoms with Gasteiger partial charge in [-0.3, -0.25) is 19.1 Å². The second-order valence-electron chi connectivity index (χ2n) is 6.69. The average Bonchev–Trinajstić information content (AvgIpc) is 2.72. The summed E-state index contributed by atoms with van der Waals surface area (Å²) in [5.74, 6) is 0.357. The Morgan fingerprint density at radius 2 is 1.93 bits per heavy atom. The maximum absolute atomic E-state index is 12.6. The Hall–Kier alpha value is -3.27. The van der Waals surface area contributed by atoms with E-state index in [1.165, 1.54) is 16.6 Å². The fraction of sp³-hybridized carbons (Fsp3) is 0.450. The van der Waals surface area contributed by atoms with Crippen molar-refractivity contribution in [2.75, 3.05) is 49.9 Å². The van der Waals surface area contributed by atoms with Crippen molar-refractivity contribution in [1.29, 1.82) is 0 Å². The molecular weight excluding hydrogens is 390 g/mol. The first-order chi connectivity index (χ1) is 14.4. The third-order valence-corrected chi connectivity index (χ3v) is 4.54. The number of hydrogen-bond acceptors (Lipinski definition) is 7. The van der Waals surface area contributed by atoms with Crippen molar-refractivity contribution >= 4 is 23.1 Å². The molecule has 0 spiro atoms. The number of nitrogens with zero attached hydrogens (tertiary/aromatic N) is 2. The van der Waals surface area contributed by atoms with E-state index in [2.05, 4.69) is 10.3 Å². The number of carbonyl (C=O) groups excluding carboxylic acids is 1. The van der Waals surface area contributed by atoms with Crippen molar-refractivity contribution in [3.63, 3.8) is 0 Å². The number of H-pyrrole nitrogens is 1. The monoisotopic (exact) mass is 419 g/mol.